The van der Waals surface area contributed by atoms with Crippen molar-refractivity contribution in [2.24, 2.45) is 5.92 Å². The van der Waals surface area contributed by atoms with Gasteiger partial charge in [0.25, 0.3) is 0 Å². The fourth-order valence-corrected chi connectivity index (χ4v) is 3.34. The maximum atomic E-state index is 4.34. The minimum atomic E-state index is 0.756. The Morgan fingerprint density at radius 3 is 3.29 bits per heavy atom. The number of aryl methyl sites for hydroxylation is 1. The van der Waals surface area contributed by atoms with Gasteiger partial charge in [0.15, 0.2) is 5.82 Å². The molecule has 2 aromatic heterocycles. The molecule has 1 aliphatic heterocycles. The van der Waals surface area contributed by atoms with Crippen LogP contribution in [0.4, 0.5) is 5.82 Å². The van der Waals surface area contributed by atoms with Crippen LogP contribution in [0.3, 0.4) is 0 Å². The highest BCUT2D eigenvalue weighted by atomic mass is 32.2. The Kier molecular flexibility index (Phi) is 2.88. The van der Waals surface area contributed by atoms with E-state index in [2.05, 4.69) is 20.5 Å². The average molecular weight is 249 g/mol. The highest BCUT2D eigenvalue weighted by Gasteiger charge is 2.16. The van der Waals surface area contributed by atoms with Gasteiger partial charge in [0.1, 0.15) is 5.82 Å². The van der Waals surface area contributed by atoms with Crippen molar-refractivity contribution >= 4 is 23.2 Å². The Morgan fingerprint density at radius 2 is 2.47 bits per heavy atom. The van der Waals surface area contributed by atoms with Gasteiger partial charge < -0.3 is 5.32 Å². The molecule has 1 unspecified atom stereocenters. The van der Waals surface area contributed by atoms with E-state index in [4.69, 9.17) is 0 Å². The summed E-state index contributed by atoms with van der Waals surface area (Å²) in [6.07, 6.45) is 4.98. The smallest absolute Gasteiger partial charge is 0.203 e. The summed E-state index contributed by atoms with van der Waals surface area (Å²) in [6, 6.07) is 0. The van der Waals surface area contributed by atoms with Gasteiger partial charge >= 0.3 is 0 Å². The molecule has 6 heteroatoms. The molecule has 0 aliphatic carbocycles. The first-order valence-electron chi connectivity index (χ1n) is 5.82. The van der Waals surface area contributed by atoms with Gasteiger partial charge in [-0.2, -0.15) is 11.8 Å². The van der Waals surface area contributed by atoms with Crippen molar-refractivity contribution in [3.05, 3.63) is 18.2 Å². The first-order valence-corrected chi connectivity index (χ1v) is 6.98. The highest BCUT2D eigenvalue weighted by Crippen LogP contribution is 2.23. The molecule has 0 spiro atoms. The van der Waals surface area contributed by atoms with E-state index in [-0.39, 0.29) is 0 Å². The number of hydrogen-bond acceptors (Lipinski definition) is 5. The zero-order chi connectivity index (χ0) is 11.7. The van der Waals surface area contributed by atoms with Gasteiger partial charge in [-0.05, 0) is 30.8 Å². The van der Waals surface area contributed by atoms with Gasteiger partial charge in [-0.25, -0.2) is 4.98 Å². The van der Waals surface area contributed by atoms with Gasteiger partial charge in [-0.1, -0.05) is 0 Å². The molecule has 0 amide bonds. The summed E-state index contributed by atoms with van der Waals surface area (Å²) in [5.74, 6) is 5.02. The Hall–Kier alpha value is -1.30. The van der Waals surface area contributed by atoms with Gasteiger partial charge in [0, 0.05) is 18.9 Å². The third kappa shape index (κ3) is 2.09. The normalized spacial score (nSPS) is 19.9. The number of anilines is 1. The third-order valence-electron chi connectivity index (χ3n) is 3.08. The molecule has 90 valence electrons. The highest BCUT2D eigenvalue weighted by molar-refractivity contribution is 7.99. The molecule has 0 radical (unpaired) electrons. The summed E-state index contributed by atoms with van der Waals surface area (Å²) < 4.78 is 1.96. The van der Waals surface area contributed by atoms with Crippen LogP contribution in [-0.2, 0) is 0 Å². The van der Waals surface area contributed by atoms with Crippen LogP contribution in [-0.4, -0.2) is 37.6 Å². The van der Waals surface area contributed by atoms with E-state index in [9.17, 15) is 0 Å². The van der Waals surface area contributed by atoms with E-state index in [1.165, 1.54) is 17.9 Å². The Bertz CT molecular complexity index is 518. The molecule has 3 heterocycles. The second kappa shape index (κ2) is 4.52. The van der Waals surface area contributed by atoms with Crippen LogP contribution in [0.5, 0.6) is 0 Å². The third-order valence-corrected chi connectivity index (χ3v) is 4.31. The summed E-state index contributed by atoms with van der Waals surface area (Å²) in [4.78, 5) is 4.34. The first kappa shape index (κ1) is 10.8. The zero-order valence-electron chi connectivity index (χ0n) is 9.76. The molecule has 0 bridgehead atoms. The zero-order valence-corrected chi connectivity index (χ0v) is 10.6. The van der Waals surface area contributed by atoms with Gasteiger partial charge in [-0.3, -0.25) is 4.40 Å². The largest absolute Gasteiger partial charge is 0.367 e. The van der Waals surface area contributed by atoms with Crippen molar-refractivity contribution < 1.29 is 0 Å². The van der Waals surface area contributed by atoms with E-state index < -0.39 is 0 Å². The Balaban J connectivity index is 1.79. The van der Waals surface area contributed by atoms with E-state index >= 15 is 0 Å². The molecule has 1 atom stereocenters. The SMILES string of the molecule is Cc1nnc2c(NCC3CCSC3)nccn12. The standard InChI is InChI=1S/C11H15N5S/c1-8-14-15-11-10(12-3-4-16(8)11)13-6-9-2-5-17-7-9/h3-4,9H,2,5-7H2,1H3,(H,12,13). The molecule has 3 rings (SSSR count). The Labute approximate surface area is 104 Å². The van der Waals surface area contributed by atoms with Crippen LogP contribution in [0.1, 0.15) is 12.2 Å². The molecule has 1 N–H and O–H groups in total. The summed E-state index contributed by atoms with van der Waals surface area (Å²) >= 11 is 2.03. The van der Waals surface area contributed by atoms with Crippen LogP contribution in [0, 0.1) is 12.8 Å². The molecule has 5 nitrogen and oxygen atoms in total. The second-order valence-corrected chi connectivity index (χ2v) is 5.48. The van der Waals surface area contributed by atoms with Gasteiger partial charge in [-0.15, -0.1) is 10.2 Å². The summed E-state index contributed by atoms with van der Waals surface area (Å²) in [5.41, 5.74) is 0.815. The lowest BCUT2D eigenvalue weighted by atomic mass is 10.1. The summed E-state index contributed by atoms with van der Waals surface area (Å²) in [7, 11) is 0. The maximum Gasteiger partial charge on any atom is 0.203 e. The van der Waals surface area contributed by atoms with Crippen molar-refractivity contribution in [1.82, 2.24) is 19.6 Å². The topological polar surface area (TPSA) is 55.1 Å². The van der Waals surface area contributed by atoms with Crippen LogP contribution >= 0.6 is 11.8 Å². The monoisotopic (exact) mass is 249 g/mol. The summed E-state index contributed by atoms with van der Waals surface area (Å²) in [5, 5.41) is 11.6. The molecular weight excluding hydrogens is 234 g/mol. The fraction of sp³-hybridized carbons (Fsp3) is 0.545. The van der Waals surface area contributed by atoms with E-state index in [1.807, 2.05) is 29.3 Å². The average Bonchev–Trinajstić information content (AvgIpc) is 2.97. The van der Waals surface area contributed by atoms with Gasteiger partial charge in [0.05, 0.1) is 0 Å². The molecule has 1 aliphatic rings. The molecule has 2 aromatic rings. The number of rotatable bonds is 3. The Morgan fingerprint density at radius 1 is 1.53 bits per heavy atom. The number of fused-ring (bicyclic) bond motifs is 1. The van der Waals surface area contributed by atoms with Crippen molar-refractivity contribution in [3.8, 4) is 0 Å². The van der Waals surface area contributed by atoms with Crippen LogP contribution < -0.4 is 5.32 Å². The maximum absolute atomic E-state index is 4.34. The minimum absolute atomic E-state index is 0.756. The molecule has 0 saturated carbocycles. The number of thioether (sulfide) groups is 1. The fourth-order valence-electron chi connectivity index (χ4n) is 2.05. The van der Waals surface area contributed by atoms with Crippen molar-refractivity contribution in [3.63, 3.8) is 0 Å². The molecular formula is C11H15N5S. The minimum Gasteiger partial charge on any atom is -0.367 e. The number of aromatic nitrogens is 4. The molecule has 1 fully saturated rings. The predicted molar refractivity (Wildman–Crippen MR) is 69.4 cm³/mol. The van der Waals surface area contributed by atoms with Crippen molar-refractivity contribution in [2.45, 2.75) is 13.3 Å². The lowest BCUT2D eigenvalue weighted by Crippen LogP contribution is -2.15. The van der Waals surface area contributed by atoms with Crippen LogP contribution in [0.25, 0.3) is 5.65 Å². The van der Waals surface area contributed by atoms with Crippen LogP contribution in [0.2, 0.25) is 0 Å². The van der Waals surface area contributed by atoms with Gasteiger partial charge in [0.2, 0.25) is 5.65 Å². The second-order valence-electron chi connectivity index (χ2n) is 4.33. The molecule has 17 heavy (non-hydrogen) atoms. The first-order chi connectivity index (χ1) is 8.34. The summed E-state index contributed by atoms with van der Waals surface area (Å²) in [6.45, 7) is 2.92. The lowest BCUT2D eigenvalue weighted by molar-refractivity contribution is 0.630. The number of nitrogens with zero attached hydrogens (tertiary/aromatic N) is 4. The molecule has 1 saturated heterocycles. The number of nitrogens with one attached hydrogen (secondary N) is 1. The van der Waals surface area contributed by atoms with E-state index in [0.717, 1.165) is 29.8 Å². The number of hydrogen-bond donors (Lipinski definition) is 1. The molecule has 0 aromatic carbocycles. The van der Waals surface area contributed by atoms with Crippen molar-refractivity contribution in [1.29, 1.82) is 0 Å². The quantitative estimate of drug-likeness (QED) is 0.895. The predicted octanol–water partition coefficient (Wildman–Crippen LogP) is 1.60. The lowest BCUT2D eigenvalue weighted by Gasteiger charge is -2.10. The van der Waals surface area contributed by atoms with Crippen LogP contribution in [0.15, 0.2) is 12.4 Å². The van der Waals surface area contributed by atoms with Crippen molar-refractivity contribution in [2.75, 3.05) is 23.4 Å². The van der Waals surface area contributed by atoms with E-state index in [0.29, 0.717) is 0 Å². The van der Waals surface area contributed by atoms with E-state index in [1.54, 1.807) is 6.20 Å².